The second-order valence-electron chi connectivity index (χ2n) is 7.43. The molecule has 0 amide bonds. The zero-order valence-corrected chi connectivity index (χ0v) is 17.7. The maximum absolute atomic E-state index is 13.3. The fraction of sp³-hybridized carbons (Fsp3) is 0.154. The highest BCUT2D eigenvalue weighted by Crippen LogP contribution is 2.22. The molecule has 0 unspecified atom stereocenters. The van der Waals surface area contributed by atoms with Crippen molar-refractivity contribution in [3.05, 3.63) is 105 Å². The van der Waals surface area contributed by atoms with Crippen molar-refractivity contribution in [2.75, 3.05) is 14.2 Å². The molecule has 1 aromatic heterocycles. The van der Waals surface area contributed by atoms with E-state index in [-0.39, 0.29) is 16.8 Å². The van der Waals surface area contributed by atoms with Gasteiger partial charge in [0.2, 0.25) is 5.43 Å². The minimum atomic E-state index is -0.324. The van der Waals surface area contributed by atoms with Crippen LogP contribution in [0.15, 0.2) is 77.7 Å². The first kappa shape index (κ1) is 20.4. The number of ether oxygens (including phenoxy) is 2. The van der Waals surface area contributed by atoms with Crippen molar-refractivity contribution in [2.24, 2.45) is 0 Å². The summed E-state index contributed by atoms with van der Waals surface area (Å²) in [4.78, 5) is 26.5. The van der Waals surface area contributed by atoms with Gasteiger partial charge in [0.25, 0.3) is 0 Å². The number of benzene rings is 3. The van der Waals surface area contributed by atoms with E-state index in [2.05, 4.69) is 0 Å². The van der Waals surface area contributed by atoms with Crippen LogP contribution < -0.4 is 14.9 Å². The largest absolute Gasteiger partial charge is 0.497 e. The summed E-state index contributed by atoms with van der Waals surface area (Å²) in [5.74, 6) is 0.896. The number of carbonyl (C=O) groups excluding carboxylic acids is 1. The Hall–Kier alpha value is -3.86. The fourth-order valence-electron chi connectivity index (χ4n) is 3.58. The molecule has 0 aliphatic heterocycles. The Morgan fingerprint density at radius 2 is 1.52 bits per heavy atom. The van der Waals surface area contributed by atoms with E-state index in [4.69, 9.17) is 9.47 Å². The normalized spacial score (nSPS) is 10.8. The summed E-state index contributed by atoms with van der Waals surface area (Å²) >= 11 is 0. The number of hydrogen-bond donors (Lipinski definition) is 0. The Morgan fingerprint density at radius 1 is 0.871 bits per heavy atom. The molecule has 0 aliphatic rings. The number of methoxy groups -OCH3 is 2. The molecule has 4 rings (SSSR count). The molecule has 1 heterocycles. The van der Waals surface area contributed by atoms with Crippen molar-refractivity contribution >= 4 is 16.7 Å². The first-order chi connectivity index (χ1) is 15.0. The smallest absolute Gasteiger partial charge is 0.200 e. The Bertz CT molecular complexity index is 1300. The third-order valence-electron chi connectivity index (χ3n) is 5.36. The maximum atomic E-state index is 13.3. The molecule has 0 saturated carbocycles. The molecule has 156 valence electrons. The van der Waals surface area contributed by atoms with E-state index in [0.29, 0.717) is 29.0 Å². The zero-order chi connectivity index (χ0) is 22.0. The van der Waals surface area contributed by atoms with Crippen LogP contribution in [0.5, 0.6) is 11.5 Å². The molecule has 0 atom stereocenters. The molecule has 0 saturated heterocycles. The predicted molar refractivity (Wildman–Crippen MR) is 121 cm³/mol. The highest BCUT2D eigenvalue weighted by atomic mass is 16.5. The van der Waals surface area contributed by atoms with E-state index in [1.54, 1.807) is 50.7 Å². The van der Waals surface area contributed by atoms with Crippen LogP contribution in [-0.4, -0.2) is 24.6 Å². The van der Waals surface area contributed by atoms with Crippen LogP contribution in [0.1, 0.15) is 27.0 Å². The van der Waals surface area contributed by atoms with Gasteiger partial charge in [-0.15, -0.1) is 0 Å². The molecule has 0 bridgehead atoms. The monoisotopic (exact) mass is 413 g/mol. The van der Waals surface area contributed by atoms with Gasteiger partial charge in [0, 0.05) is 18.3 Å². The quantitative estimate of drug-likeness (QED) is 0.433. The van der Waals surface area contributed by atoms with E-state index >= 15 is 0 Å². The maximum Gasteiger partial charge on any atom is 0.200 e. The minimum Gasteiger partial charge on any atom is -0.497 e. The average Bonchev–Trinajstić information content (AvgIpc) is 2.81. The molecule has 5 heteroatoms. The summed E-state index contributed by atoms with van der Waals surface area (Å²) in [5, 5.41) is 0.450. The lowest BCUT2D eigenvalue weighted by Gasteiger charge is -2.14. The van der Waals surface area contributed by atoms with Crippen molar-refractivity contribution in [3.8, 4) is 11.5 Å². The zero-order valence-electron chi connectivity index (χ0n) is 17.7. The molecule has 0 N–H and O–H groups in total. The van der Waals surface area contributed by atoms with Crippen molar-refractivity contribution in [2.45, 2.75) is 13.5 Å². The molecule has 0 aliphatic carbocycles. The predicted octanol–water partition coefficient (Wildman–Crippen LogP) is 4.61. The summed E-state index contributed by atoms with van der Waals surface area (Å²) in [5.41, 5.74) is 3.25. The van der Waals surface area contributed by atoms with Gasteiger partial charge >= 0.3 is 0 Å². The van der Waals surface area contributed by atoms with Gasteiger partial charge in [-0.2, -0.15) is 0 Å². The summed E-state index contributed by atoms with van der Waals surface area (Å²) < 4.78 is 12.4. The number of aryl methyl sites for hydroxylation is 1. The Labute approximate surface area is 180 Å². The van der Waals surface area contributed by atoms with E-state index in [0.717, 1.165) is 11.1 Å². The van der Waals surface area contributed by atoms with Crippen LogP contribution in [0.4, 0.5) is 0 Å². The molecular formula is C26H23NO4. The highest BCUT2D eigenvalue weighted by Gasteiger charge is 2.18. The van der Waals surface area contributed by atoms with E-state index < -0.39 is 0 Å². The van der Waals surface area contributed by atoms with E-state index in [1.807, 2.05) is 47.9 Å². The Morgan fingerprint density at radius 3 is 2.16 bits per heavy atom. The Kier molecular flexibility index (Phi) is 5.58. The number of hydrogen-bond acceptors (Lipinski definition) is 4. The van der Waals surface area contributed by atoms with Crippen LogP contribution in [0.3, 0.4) is 0 Å². The summed E-state index contributed by atoms with van der Waals surface area (Å²) in [6.45, 7) is 2.57. The molecular weight excluding hydrogens is 390 g/mol. The lowest BCUT2D eigenvalue weighted by Crippen LogP contribution is -2.20. The second-order valence-corrected chi connectivity index (χ2v) is 7.43. The number of carbonyl (C=O) groups is 1. The number of pyridine rings is 1. The molecule has 31 heavy (non-hydrogen) atoms. The van der Waals surface area contributed by atoms with Gasteiger partial charge in [-0.1, -0.05) is 29.8 Å². The highest BCUT2D eigenvalue weighted by molar-refractivity contribution is 6.10. The van der Waals surface area contributed by atoms with E-state index in [9.17, 15) is 9.59 Å². The standard InChI is InChI=1S/C26H23NO4/c1-17-4-6-18(7-5-17)15-27-16-23(25(28)19-8-10-20(30-2)11-9-19)26(29)22-14-21(31-3)12-13-24(22)27/h4-14,16H,15H2,1-3H3. The van der Waals surface area contributed by atoms with E-state index in [1.165, 1.54) is 5.56 Å². The Balaban J connectivity index is 1.87. The number of nitrogens with zero attached hydrogens (tertiary/aromatic N) is 1. The molecule has 3 aromatic carbocycles. The van der Waals surface area contributed by atoms with Gasteiger partial charge in [-0.3, -0.25) is 9.59 Å². The van der Waals surface area contributed by atoms with Crippen molar-refractivity contribution < 1.29 is 14.3 Å². The third-order valence-corrected chi connectivity index (χ3v) is 5.36. The van der Waals surface area contributed by atoms with Crippen molar-refractivity contribution in [3.63, 3.8) is 0 Å². The van der Waals surface area contributed by atoms with Crippen molar-refractivity contribution in [1.82, 2.24) is 4.57 Å². The SMILES string of the molecule is COc1ccc(C(=O)c2cn(Cc3ccc(C)cc3)c3ccc(OC)cc3c2=O)cc1. The van der Waals surface area contributed by atoms with Gasteiger partial charge in [0.05, 0.1) is 30.7 Å². The van der Waals surface area contributed by atoms with Gasteiger partial charge in [0.15, 0.2) is 5.78 Å². The van der Waals surface area contributed by atoms with Gasteiger partial charge in [0.1, 0.15) is 11.5 Å². The molecule has 0 fully saturated rings. The van der Waals surface area contributed by atoms with Crippen LogP contribution in [0.2, 0.25) is 0 Å². The van der Waals surface area contributed by atoms with Gasteiger partial charge in [-0.25, -0.2) is 0 Å². The molecule has 0 radical (unpaired) electrons. The second kappa shape index (κ2) is 8.48. The lowest BCUT2D eigenvalue weighted by atomic mass is 10.0. The summed E-state index contributed by atoms with van der Waals surface area (Å²) in [7, 11) is 3.12. The summed E-state index contributed by atoms with van der Waals surface area (Å²) in [6.07, 6.45) is 1.66. The van der Waals surface area contributed by atoms with Crippen molar-refractivity contribution in [1.29, 1.82) is 0 Å². The lowest BCUT2D eigenvalue weighted by molar-refractivity contribution is 0.103. The van der Waals surface area contributed by atoms with Gasteiger partial charge < -0.3 is 14.0 Å². The van der Waals surface area contributed by atoms with Crippen LogP contribution in [0, 0.1) is 6.92 Å². The molecule has 5 nitrogen and oxygen atoms in total. The summed E-state index contributed by atoms with van der Waals surface area (Å²) in [6, 6.07) is 20.3. The topological polar surface area (TPSA) is 57.5 Å². The average molecular weight is 413 g/mol. The third kappa shape index (κ3) is 4.08. The number of aromatic nitrogens is 1. The first-order valence-electron chi connectivity index (χ1n) is 9.95. The van der Waals surface area contributed by atoms with Crippen LogP contribution in [0.25, 0.3) is 10.9 Å². The first-order valence-corrected chi connectivity index (χ1v) is 9.95. The number of ketones is 1. The fourth-order valence-corrected chi connectivity index (χ4v) is 3.58. The van der Waals surface area contributed by atoms with Crippen LogP contribution >= 0.6 is 0 Å². The number of fused-ring (bicyclic) bond motifs is 1. The molecule has 0 spiro atoms. The van der Waals surface area contributed by atoms with Crippen LogP contribution in [-0.2, 0) is 6.54 Å². The number of rotatable bonds is 6. The van der Waals surface area contributed by atoms with Gasteiger partial charge in [-0.05, 0) is 55.0 Å². The molecule has 4 aromatic rings. The minimum absolute atomic E-state index is 0.123.